The smallest absolute Gasteiger partial charge is 0.335 e. The molecule has 4 N–H and O–H groups in total. The molecule has 4 fully saturated rings. The molecule has 5 nitrogen and oxygen atoms in total. The number of benzene rings is 1. The van der Waals surface area contributed by atoms with Gasteiger partial charge < -0.3 is 20.8 Å². The summed E-state index contributed by atoms with van der Waals surface area (Å²) in [6.07, 6.45) is 17.3. The second-order valence-electron chi connectivity index (χ2n) is 17.0. The van der Waals surface area contributed by atoms with Crippen molar-refractivity contribution in [3.05, 3.63) is 41.5 Å². The molecule has 4 saturated carbocycles. The fraction of sp³-hybridized carbons (Fsp3) is 0.769. The molecule has 0 aliphatic heterocycles. The van der Waals surface area contributed by atoms with E-state index in [1.807, 2.05) is 12.1 Å². The topological polar surface area (TPSA) is 81.6 Å². The van der Waals surface area contributed by atoms with E-state index in [0.717, 1.165) is 43.7 Å². The predicted molar refractivity (Wildman–Crippen MR) is 179 cm³/mol. The van der Waals surface area contributed by atoms with Gasteiger partial charge in [-0.05, 0) is 151 Å². The Morgan fingerprint density at radius 1 is 0.818 bits per heavy atom. The van der Waals surface area contributed by atoms with E-state index in [0.29, 0.717) is 39.7 Å². The van der Waals surface area contributed by atoms with E-state index >= 15 is 0 Å². The molecule has 0 spiro atoms. The van der Waals surface area contributed by atoms with Crippen LogP contribution in [0.15, 0.2) is 30.3 Å². The second kappa shape index (κ2) is 11.8. The maximum absolute atomic E-state index is 11.5. The zero-order chi connectivity index (χ0) is 31.4. The van der Waals surface area contributed by atoms with Gasteiger partial charge in [-0.1, -0.05) is 59.2 Å². The predicted octanol–water partition coefficient (Wildman–Crippen LogP) is 7.80. The van der Waals surface area contributed by atoms with Crippen LogP contribution in [0.4, 0.5) is 0 Å². The Hall–Kier alpha value is -1.69. The van der Waals surface area contributed by atoms with Crippen LogP contribution in [0, 0.1) is 50.7 Å². The zero-order valence-corrected chi connectivity index (χ0v) is 28.3. The van der Waals surface area contributed by atoms with Gasteiger partial charge in [-0.2, -0.15) is 0 Å². The lowest BCUT2D eigenvalue weighted by molar-refractivity contribution is -0.222. The van der Waals surface area contributed by atoms with Gasteiger partial charge in [0.1, 0.15) is 0 Å². The van der Waals surface area contributed by atoms with Crippen LogP contribution in [0.25, 0.3) is 5.57 Å². The van der Waals surface area contributed by atoms with Gasteiger partial charge in [0.2, 0.25) is 0 Å². The number of aliphatic hydroxyl groups is 1. The van der Waals surface area contributed by atoms with E-state index in [2.05, 4.69) is 51.3 Å². The largest absolute Gasteiger partial charge is 0.478 e. The first kappa shape index (κ1) is 32.3. The van der Waals surface area contributed by atoms with E-state index < -0.39 is 5.97 Å². The molecule has 5 aliphatic rings. The summed E-state index contributed by atoms with van der Waals surface area (Å²) in [6, 6.07) is 7.64. The molecule has 0 saturated heterocycles. The van der Waals surface area contributed by atoms with Gasteiger partial charge in [-0.25, -0.2) is 4.79 Å². The van der Waals surface area contributed by atoms with E-state index in [-0.39, 0.29) is 12.0 Å². The molecule has 8 atom stereocenters. The van der Waals surface area contributed by atoms with Crippen molar-refractivity contribution < 1.29 is 15.0 Å². The first-order valence-corrected chi connectivity index (χ1v) is 18.0. The molecular formula is C39H60N2O3. The number of rotatable bonds is 10. The Kier molecular flexibility index (Phi) is 8.68. The Labute approximate surface area is 267 Å². The van der Waals surface area contributed by atoms with Crippen LogP contribution in [0.1, 0.15) is 121 Å². The third-order valence-corrected chi connectivity index (χ3v) is 15.0. The van der Waals surface area contributed by atoms with Crippen molar-refractivity contribution in [2.75, 3.05) is 32.8 Å². The SMILES string of the molecule is CC1(C)C(c2ccc(C(=O)O)cc2)=CCC2(C)C1CCC1(C)C2CCC2C3CCCC3(CNCCCNCCO)CC[C@]21C. The maximum atomic E-state index is 11.5. The minimum Gasteiger partial charge on any atom is -0.478 e. The van der Waals surface area contributed by atoms with E-state index in [4.69, 9.17) is 5.11 Å². The Balaban J connectivity index is 1.21. The molecular weight excluding hydrogens is 544 g/mol. The highest BCUT2D eigenvalue weighted by atomic mass is 16.4. The Bertz CT molecular complexity index is 1240. The van der Waals surface area contributed by atoms with Gasteiger partial charge in [0, 0.05) is 13.1 Å². The van der Waals surface area contributed by atoms with E-state index in [9.17, 15) is 9.90 Å². The first-order chi connectivity index (χ1) is 20.9. The normalized spacial score (nSPS) is 40.7. The zero-order valence-electron chi connectivity index (χ0n) is 28.3. The van der Waals surface area contributed by atoms with Crippen LogP contribution >= 0.6 is 0 Å². The number of allylic oxidation sites excluding steroid dienone is 2. The monoisotopic (exact) mass is 604 g/mol. The average molecular weight is 605 g/mol. The van der Waals surface area contributed by atoms with Crippen LogP contribution in [-0.2, 0) is 0 Å². The minimum absolute atomic E-state index is 0.0588. The summed E-state index contributed by atoms with van der Waals surface area (Å²) in [5.41, 5.74) is 4.63. The number of hydrogen-bond acceptors (Lipinski definition) is 4. The summed E-state index contributed by atoms with van der Waals surface area (Å²) in [6.45, 7) is 17.3. The van der Waals surface area contributed by atoms with Crippen LogP contribution < -0.4 is 10.6 Å². The summed E-state index contributed by atoms with van der Waals surface area (Å²) >= 11 is 0. The van der Waals surface area contributed by atoms with Crippen molar-refractivity contribution in [3.63, 3.8) is 0 Å². The number of carboxylic acid groups (broad SMARTS) is 1. The third-order valence-electron chi connectivity index (χ3n) is 15.0. The van der Waals surface area contributed by atoms with Crippen molar-refractivity contribution in [3.8, 4) is 0 Å². The molecule has 44 heavy (non-hydrogen) atoms. The lowest BCUT2D eigenvalue weighted by Gasteiger charge is -2.72. The van der Waals surface area contributed by atoms with Crippen LogP contribution in [0.2, 0.25) is 0 Å². The molecule has 6 rings (SSSR count). The molecule has 0 heterocycles. The molecule has 7 unspecified atom stereocenters. The van der Waals surface area contributed by atoms with E-state index in [1.165, 1.54) is 75.5 Å². The highest BCUT2D eigenvalue weighted by molar-refractivity contribution is 5.88. The fourth-order valence-corrected chi connectivity index (χ4v) is 12.8. The van der Waals surface area contributed by atoms with E-state index in [1.54, 1.807) is 12.1 Å². The molecule has 5 heteroatoms. The van der Waals surface area contributed by atoms with Gasteiger partial charge in [-0.15, -0.1) is 0 Å². The number of carboxylic acids is 1. The van der Waals surface area contributed by atoms with Crippen molar-refractivity contribution in [2.45, 2.75) is 105 Å². The molecule has 0 radical (unpaired) electrons. The average Bonchev–Trinajstić information content (AvgIpc) is 3.41. The quantitative estimate of drug-likeness (QED) is 0.205. The fourth-order valence-electron chi connectivity index (χ4n) is 12.8. The standard InChI is InChI=1S/C39H60N2O3/c1-35(2)29(27-9-11-28(12-10-27)34(43)44)15-18-36(3)32(35)16-19-38(5)33(36)14-13-30-31-8-6-17-39(31,21-20-37(30,38)4)26-41-23-7-22-40-24-25-42/h9-12,15,30-33,40-42H,6-8,13-14,16-26H2,1-5H3,(H,43,44)/t30?,31?,32?,33?,36?,37-,38?,39?/m1/s1. The summed E-state index contributed by atoms with van der Waals surface area (Å²) in [5, 5.41) is 25.7. The van der Waals surface area contributed by atoms with Gasteiger partial charge in [0.05, 0.1) is 12.2 Å². The first-order valence-electron chi connectivity index (χ1n) is 18.0. The minimum atomic E-state index is -0.853. The lowest BCUT2D eigenvalue weighted by atomic mass is 9.32. The molecule has 0 bridgehead atoms. The molecule has 5 aliphatic carbocycles. The summed E-state index contributed by atoms with van der Waals surface area (Å²) < 4.78 is 0. The maximum Gasteiger partial charge on any atom is 0.335 e. The molecule has 244 valence electrons. The summed E-state index contributed by atoms with van der Waals surface area (Å²) in [4.78, 5) is 11.5. The van der Waals surface area contributed by atoms with Gasteiger partial charge in [-0.3, -0.25) is 0 Å². The molecule has 0 aromatic heterocycles. The number of aliphatic hydroxyl groups excluding tert-OH is 1. The second-order valence-corrected chi connectivity index (χ2v) is 17.0. The highest BCUT2D eigenvalue weighted by Crippen LogP contribution is 2.77. The molecule has 1 aromatic carbocycles. The van der Waals surface area contributed by atoms with Gasteiger partial charge >= 0.3 is 5.97 Å². The van der Waals surface area contributed by atoms with Crippen molar-refractivity contribution in [1.29, 1.82) is 0 Å². The van der Waals surface area contributed by atoms with Crippen molar-refractivity contribution >= 4 is 11.5 Å². The third kappa shape index (κ3) is 4.94. The lowest BCUT2D eigenvalue weighted by Crippen LogP contribution is -2.65. The van der Waals surface area contributed by atoms with Gasteiger partial charge in [0.25, 0.3) is 0 Å². The highest BCUT2D eigenvalue weighted by Gasteiger charge is 2.69. The number of fused-ring (bicyclic) bond motifs is 7. The van der Waals surface area contributed by atoms with Crippen LogP contribution in [0.5, 0.6) is 0 Å². The number of carbonyl (C=O) groups is 1. The summed E-state index contributed by atoms with van der Waals surface area (Å²) in [7, 11) is 0. The molecule has 1 aromatic rings. The van der Waals surface area contributed by atoms with Crippen LogP contribution in [-0.4, -0.2) is 49.0 Å². The number of hydrogen-bond donors (Lipinski definition) is 4. The van der Waals surface area contributed by atoms with Gasteiger partial charge in [0.15, 0.2) is 0 Å². The Morgan fingerprint density at radius 3 is 2.30 bits per heavy atom. The Morgan fingerprint density at radius 2 is 1.57 bits per heavy atom. The summed E-state index contributed by atoms with van der Waals surface area (Å²) in [5.74, 6) is 2.25. The number of aromatic carboxylic acids is 1. The van der Waals surface area contributed by atoms with Crippen molar-refractivity contribution in [1.82, 2.24) is 10.6 Å². The van der Waals surface area contributed by atoms with Crippen molar-refractivity contribution in [2.24, 2.45) is 50.7 Å². The number of nitrogens with one attached hydrogen (secondary N) is 2. The molecule has 0 amide bonds. The van der Waals surface area contributed by atoms with Crippen LogP contribution in [0.3, 0.4) is 0 Å².